The number of amides is 2. The molecule has 3 aromatic rings. The Labute approximate surface area is 235 Å². The van der Waals surface area contributed by atoms with Crippen LogP contribution < -0.4 is 14.4 Å². The minimum Gasteiger partial charge on any atom is -0.497 e. The summed E-state index contributed by atoms with van der Waals surface area (Å²) in [6.45, 7) is 6.67. The van der Waals surface area contributed by atoms with Gasteiger partial charge in [0.15, 0.2) is 0 Å². The number of anilines is 1. The number of aryl methyl sites for hydroxylation is 1. The second-order valence-electron chi connectivity index (χ2n) is 9.67. The van der Waals surface area contributed by atoms with Crippen molar-refractivity contribution in [3.8, 4) is 5.75 Å². The number of hydrogen-bond donors (Lipinski definition) is 1. The second kappa shape index (κ2) is 13.4. The lowest BCUT2D eigenvalue weighted by molar-refractivity contribution is -0.139. The van der Waals surface area contributed by atoms with Gasteiger partial charge in [-0.15, -0.1) is 0 Å². The maximum Gasteiger partial charge on any atom is 0.264 e. The summed E-state index contributed by atoms with van der Waals surface area (Å²) in [6.07, 6.45) is 0.704. The largest absolute Gasteiger partial charge is 0.497 e. The van der Waals surface area contributed by atoms with Crippen LogP contribution in [0.2, 0.25) is 0 Å². The Kier molecular flexibility index (Phi) is 10.3. The molecule has 2 amide bonds. The molecule has 2 atom stereocenters. The summed E-state index contributed by atoms with van der Waals surface area (Å²) in [5.74, 6) is -0.927. The number of nitrogens with zero attached hydrogens (tertiary/aromatic N) is 2. The smallest absolute Gasteiger partial charge is 0.264 e. The van der Waals surface area contributed by atoms with Gasteiger partial charge < -0.3 is 15.0 Å². The maximum absolute atomic E-state index is 13.9. The summed E-state index contributed by atoms with van der Waals surface area (Å²) in [5.41, 5.74) is 1.69. The lowest BCUT2D eigenvalue weighted by Gasteiger charge is -2.32. The first-order valence-electron chi connectivity index (χ1n) is 13.0. The van der Waals surface area contributed by atoms with Crippen molar-refractivity contribution in [2.45, 2.75) is 57.6 Å². The van der Waals surface area contributed by atoms with Crippen LogP contribution in [0.25, 0.3) is 0 Å². The fourth-order valence-corrected chi connectivity index (χ4v) is 5.40. The van der Waals surface area contributed by atoms with Gasteiger partial charge in [-0.05, 0) is 81.3 Å². The Hall–Kier alpha value is -3.92. The highest BCUT2D eigenvalue weighted by atomic mass is 32.2. The molecule has 0 aliphatic rings. The van der Waals surface area contributed by atoms with Crippen LogP contribution >= 0.6 is 0 Å². The SMILES string of the molecule is CCC(C)NC(=O)C(C)N(Cc1cccc(OC)c1)C(=O)CN(c1ccc(F)cc1)S(=O)(=O)c1ccc(C)cc1. The van der Waals surface area contributed by atoms with Crippen molar-refractivity contribution in [2.24, 2.45) is 0 Å². The molecule has 0 aromatic heterocycles. The van der Waals surface area contributed by atoms with E-state index < -0.39 is 34.3 Å². The first kappa shape index (κ1) is 30.6. The van der Waals surface area contributed by atoms with E-state index in [0.717, 1.165) is 22.0 Å². The topological polar surface area (TPSA) is 96.0 Å². The van der Waals surface area contributed by atoms with E-state index >= 15 is 0 Å². The molecule has 0 spiro atoms. The third kappa shape index (κ3) is 7.59. The molecule has 3 aromatic carbocycles. The number of carbonyl (C=O) groups is 2. The van der Waals surface area contributed by atoms with Crippen molar-refractivity contribution in [2.75, 3.05) is 18.0 Å². The van der Waals surface area contributed by atoms with E-state index in [1.807, 2.05) is 20.8 Å². The van der Waals surface area contributed by atoms with Crippen LogP contribution in [-0.2, 0) is 26.2 Å². The lowest BCUT2D eigenvalue weighted by Crippen LogP contribution is -2.52. The van der Waals surface area contributed by atoms with E-state index in [1.54, 1.807) is 43.3 Å². The highest BCUT2D eigenvalue weighted by Gasteiger charge is 2.32. The van der Waals surface area contributed by atoms with E-state index in [0.29, 0.717) is 17.7 Å². The van der Waals surface area contributed by atoms with Crippen LogP contribution in [0.1, 0.15) is 38.3 Å². The van der Waals surface area contributed by atoms with Gasteiger partial charge in [-0.1, -0.05) is 36.8 Å². The molecular weight excluding hydrogens is 533 g/mol. The van der Waals surface area contributed by atoms with Crippen molar-refractivity contribution in [1.29, 1.82) is 0 Å². The molecule has 214 valence electrons. The first-order valence-corrected chi connectivity index (χ1v) is 14.5. The zero-order valence-corrected chi connectivity index (χ0v) is 24.2. The third-order valence-corrected chi connectivity index (χ3v) is 8.45. The predicted molar refractivity (Wildman–Crippen MR) is 153 cm³/mol. The molecule has 0 fully saturated rings. The lowest BCUT2D eigenvalue weighted by atomic mass is 10.1. The number of rotatable bonds is 12. The van der Waals surface area contributed by atoms with Gasteiger partial charge in [0.1, 0.15) is 24.2 Å². The highest BCUT2D eigenvalue weighted by molar-refractivity contribution is 7.92. The van der Waals surface area contributed by atoms with E-state index in [9.17, 15) is 22.4 Å². The standard InChI is InChI=1S/C30H36FN3O5S/c1-6-22(3)32-30(36)23(4)33(19-24-8-7-9-27(18-24)39-5)29(35)20-34(26-14-12-25(31)13-15-26)40(37,38)28-16-10-21(2)11-17-28/h7-18,22-23H,6,19-20H2,1-5H3,(H,32,36). The molecule has 2 unspecified atom stereocenters. The maximum atomic E-state index is 13.9. The fraction of sp³-hybridized carbons (Fsp3) is 0.333. The van der Waals surface area contributed by atoms with Gasteiger partial charge in [0.2, 0.25) is 11.8 Å². The van der Waals surface area contributed by atoms with Crippen LogP contribution in [0.15, 0.2) is 77.7 Å². The summed E-state index contributed by atoms with van der Waals surface area (Å²) in [6, 6.07) is 17.2. The Bertz CT molecular complexity index is 1410. The van der Waals surface area contributed by atoms with Gasteiger partial charge in [0, 0.05) is 12.6 Å². The molecule has 0 aliphatic heterocycles. The van der Waals surface area contributed by atoms with E-state index in [4.69, 9.17) is 4.74 Å². The second-order valence-corrected chi connectivity index (χ2v) is 11.5. The Morgan fingerprint density at radius 1 is 1.00 bits per heavy atom. The van der Waals surface area contributed by atoms with E-state index in [2.05, 4.69) is 5.32 Å². The number of benzene rings is 3. The number of hydrogen-bond acceptors (Lipinski definition) is 5. The van der Waals surface area contributed by atoms with Crippen LogP contribution in [0.4, 0.5) is 10.1 Å². The highest BCUT2D eigenvalue weighted by Crippen LogP contribution is 2.25. The minimum absolute atomic E-state index is 0.0165. The summed E-state index contributed by atoms with van der Waals surface area (Å²) >= 11 is 0. The number of methoxy groups -OCH3 is 1. The van der Waals surface area contributed by atoms with Gasteiger partial charge >= 0.3 is 0 Å². The first-order chi connectivity index (χ1) is 19.0. The van der Waals surface area contributed by atoms with Crippen LogP contribution in [0.5, 0.6) is 5.75 Å². The summed E-state index contributed by atoms with van der Waals surface area (Å²) < 4.78 is 47.6. The van der Waals surface area contributed by atoms with Gasteiger partial charge in [-0.3, -0.25) is 13.9 Å². The molecule has 0 saturated carbocycles. The average molecular weight is 570 g/mol. The summed E-state index contributed by atoms with van der Waals surface area (Å²) in [4.78, 5) is 28.4. The molecule has 3 rings (SSSR count). The van der Waals surface area contributed by atoms with Crippen molar-refractivity contribution < 1.29 is 27.1 Å². The Morgan fingerprint density at radius 2 is 1.65 bits per heavy atom. The number of nitrogens with one attached hydrogen (secondary N) is 1. The minimum atomic E-state index is -4.22. The number of carbonyl (C=O) groups excluding carboxylic acids is 2. The van der Waals surface area contributed by atoms with Crippen LogP contribution in [0, 0.1) is 12.7 Å². The molecule has 0 saturated heterocycles. The van der Waals surface area contributed by atoms with Crippen molar-refractivity contribution in [3.63, 3.8) is 0 Å². The van der Waals surface area contributed by atoms with Crippen molar-refractivity contribution >= 4 is 27.5 Å². The molecule has 0 radical (unpaired) electrons. The van der Waals surface area contributed by atoms with Gasteiger partial charge in [0.05, 0.1) is 17.7 Å². The Balaban J connectivity index is 2.03. The predicted octanol–water partition coefficient (Wildman–Crippen LogP) is 4.67. The Morgan fingerprint density at radius 3 is 2.25 bits per heavy atom. The van der Waals surface area contributed by atoms with Crippen molar-refractivity contribution in [1.82, 2.24) is 10.2 Å². The van der Waals surface area contributed by atoms with Gasteiger partial charge in [-0.2, -0.15) is 0 Å². The molecule has 0 bridgehead atoms. The van der Waals surface area contributed by atoms with Gasteiger partial charge in [0.25, 0.3) is 10.0 Å². The normalized spacial score (nSPS) is 12.8. The van der Waals surface area contributed by atoms with Crippen LogP contribution in [-0.4, -0.2) is 50.9 Å². The zero-order chi connectivity index (χ0) is 29.4. The molecule has 1 N–H and O–H groups in total. The monoisotopic (exact) mass is 569 g/mol. The molecule has 0 aliphatic carbocycles. The fourth-order valence-electron chi connectivity index (χ4n) is 3.99. The zero-order valence-electron chi connectivity index (χ0n) is 23.4. The molecule has 40 heavy (non-hydrogen) atoms. The van der Waals surface area contributed by atoms with Crippen molar-refractivity contribution in [3.05, 3.63) is 89.7 Å². The number of halogens is 1. The molecule has 10 heteroatoms. The number of ether oxygens (including phenoxy) is 1. The van der Waals surface area contributed by atoms with Gasteiger partial charge in [-0.25, -0.2) is 12.8 Å². The molecule has 0 heterocycles. The molecular formula is C30H36FN3O5S. The van der Waals surface area contributed by atoms with E-state index in [1.165, 1.54) is 36.3 Å². The summed E-state index contributed by atoms with van der Waals surface area (Å²) in [5, 5.41) is 2.89. The quantitative estimate of drug-likeness (QED) is 0.342. The van der Waals surface area contributed by atoms with Crippen LogP contribution in [0.3, 0.4) is 0 Å². The average Bonchev–Trinajstić information content (AvgIpc) is 2.94. The van der Waals surface area contributed by atoms with E-state index in [-0.39, 0.29) is 29.1 Å². The third-order valence-electron chi connectivity index (χ3n) is 6.66. The number of sulfonamides is 1. The summed E-state index contributed by atoms with van der Waals surface area (Å²) in [7, 11) is -2.69. The molecule has 8 nitrogen and oxygen atoms in total.